The first-order valence-corrected chi connectivity index (χ1v) is 8.76. The molecule has 0 unspecified atom stereocenters. The van der Waals surface area contributed by atoms with Gasteiger partial charge in [0.25, 0.3) is 0 Å². The van der Waals surface area contributed by atoms with E-state index in [2.05, 4.69) is 33.8 Å². The van der Waals surface area contributed by atoms with Crippen LogP contribution in [0.5, 0.6) is 0 Å². The first-order chi connectivity index (χ1) is 10.7. The molecule has 3 rings (SSSR count). The van der Waals surface area contributed by atoms with Gasteiger partial charge in [-0.2, -0.15) is 5.10 Å². The van der Waals surface area contributed by atoms with E-state index < -0.39 is 0 Å². The number of aliphatic hydroxyl groups excluding tert-OH is 1. The third-order valence-corrected chi connectivity index (χ3v) is 5.53. The van der Waals surface area contributed by atoms with E-state index in [9.17, 15) is 0 Å². The molecule has 0 spiro atoms. The van der Waals surface area contributed by atoms with E-state index in [1.165, 1.54) is 10.4 Å². The zero-order valence-electron chi connectivity index (χ0n) is 12.5. The normalized spacial score (nSPS) is 11.0. The van der Waals surface area contributed by atoms with E-state index in [0.29, 0.717) is 6.54 Å². The highest BCUT2D eigenvalue weighted by molar-refractivity contribution is 7.19. The Morgan fingerprint density at radius 2 is 2.18 bits per heavy atom. The van der Waals surface area contributed by atoms with Crippen LogP contribution >= 0.6 is 22.7 Å². The zero-order chi connectivity index (χ0) is 15.5. The molecule has 3 heterocycles. The monoisotopic (exact) mass is 334 g/mol. The van der Waals surface area contributed by atoms with Crippen molar-refractivity contribution in [2.45, 2.75) is 26.9 Å². The molecule has 0 bridgehead atoms. The lowest BCUT2D eigenvalue weighted by Gasteiger charge is -2.00. The van der Waals surface area contributed by atoms with Crippen LogP contribution in [-0.4, -0.2) is 26.5 Å². The first-order valence-electron chi connectivity index (χ1n) is 7.06. The number of rotatable bonds is 6. The average Bonchev–Trinajstić information content (AvgIpc) is 3.18. The van der Waals surface area contributed by atoms with Crippen molar-refractivity contribution in [3.05, 3.63) is 39.8 Å². The number of thiazole rings is 1. The Balaban J connectivity index is 1.74. The smallest absolute Gasteiger partial charge is 0.183 e. The summed E-state index contributed by atoms with van der Waals surface area (Å²) in [5, 5.41) is 19.8. The predicted molar refractivity (Wildman–Crippen MR) is 91.5 cm³/mol. The van der Waals surface area contributed by atoms with Crippen LogP contribution < -0.4 is 5.32 Å². The van der Waals surface area contributed by atoms with Gasteiger partial charge in [-0.1, -0.05) is 11.3 Å². The van der Waals surface area contributed by atoms with Crippen molar-refractivity contribution >= 4 is 27.8 Å². The Hall–Kier alpha value is -1.70. The number of thiophene rings is 1. The summed E-state index contributed by atoms with van der Waals surface area (Å²) in [6.07, 6.45) is 1.88. The summed E-state index contributed by atoms with van der Waals surface area (Å²) in [4.78, 5) is 6.99. The molecule has 22 heavy (non-hydrogen) atoms. The largest absolute Gasteiger partial charge is 0.394 e. The SMILES string of the molecule is Cc1ccsc1CNc1nc(C)c(-c2ccn(CCO)n2)s1. The predicted octanol–water partition coefficient (Wildman–Crippen LogP) is 3.29. The summed E-state index contributed by atoms with van der Waals surface area (Å²) in [5.41, 5.74) is 3.20. The number of nitrogens with zero attached hydrogens (tertiary/aromatic N) is 3. The van der Waals surface area contributed by atoms with Crippen LogP contribution in [0.15, 0.2) is 23.7 Å². The molecule has 0 aliphatic carbocycles. The van der Waals surface area contributed by atoms with E-state index in [1.807, 2.05) is 19.2 Å². The van der Waals surface area contributed by atoms with Gasteiger partial charge in [0, 0.05) is 11.1 Å². The van der Waals surface area contributed by atoms with Crippen molar-refractivity contribution in [3.8, 4) is 10.6 Å². The van der Waals surface area contributed by atoms with Gasteiger partial charge in [0.05, 0.1) is 30.3 Å². The van der Waals surface area contributed by atoms with Crippen molar-refractivity contribution in [1.82, 2.24) is 14.8 Å². The van der Waals surface area contributed by atoms with E-state index in [-0.39, 0.29) is 6.61 Å². The minimum Gasteiger partial charge on any atom is -0.394 e. The summed E-state index contributed by atoms with van der Waals surface area (Å²) in [6.45, 7) is 5.53. The number of aromatic nitrogens is 3. The third-order valence-electron chi connectivity index (χ3n) is 3.37. The lowest BCUT2D eigenvalue weighted by molar-refractivity contribution is 0.269. The van der Waals surface area contributed by atoms with Crippen molar-refractivity contribution < 1.29 is 5.11 Å². The van der Waals surface area contributed by atoms with Gasteiger partial charge in [0.2, 0.25) is 0 Å². The standard InChI is InChI=1S/C15H18N4OS2/c1-10-4-8-21-13(10)9-16-15-17-11(2)14(22-15)12-3-5-19(18-12)6-7-20/h3-5,8,20H,6-7,9H2,1-2H3,(H,16,17). The molecule has 0 saturated heterocycles. The lowest BCUT2D eigenvalue weighted by atomic mass is 10.3. The number of nitrogens with one attached hydrogen (secondary N) is 1. The molecular weight excluding hydrogens is 316 g/mol. The summed E-state index contributed by atoms with van der Waals surface area (Å²) >= 11 is 3.38. The van der Waals surface area contributed by atoms with Crippen LogP contribution in [0.25, 0.3) is 10.6 Å². The van der Waals surface area contributed by atoms with Crippen LogP contribution in [0, 0.1) is 13.8 Å². The number of anilines is 1. The van der Waals surface area contributed by atoms with Gasteiger partial charge in [0.15, 0.2) is 5.13 Å². The van der Waals surface area contributed by atoms with Crippen LogP contribution in [0.1, 0.15) is 16.1 Å². The second kappa shape index (κ2) is 6.60. The molecule has 7 heteroatoms. The fraction of sp³-hybridized carbons (Fsp3) is 0.333. The van der Waals surface area contributed by atoms with E-state index >= 15 is 0 Å². The van der Waals surface area contributed by atoms with Gasteiger partial charge in [-0.25, -0.2) is 4.98 Å². The minimum atomic E-state index is 0.0930. The third kappa shape index (κ3) is 3.21. The van der Waals surface area contributed by atoms with Gasteiger partial charge in [0.1, 0.15) is 5.69 Å². The van der Waals surface area contributed by atoms with Gasteiger partial charge >= 0.3 is 0 Å². The Morgan fingerprint density at radius 1 is 1.32 bits per heavy atom. The molecule has 0 amide bonds. The molecule has 116 valence electrons. The average molecular weight is 334 g/mol. The molecule has 0 aliphatic rings. The highest BCUT2D eigenvalue weighted by Crippen LogP contribution is 2.32. The first kappa shape index (κ1) is 15.2. The van der Waals surface area contributed by atoms with Crippen LogP contribution in [-0.2, 0) is 13.1 Å². The fourth-order valence-corrected chi connectivity index (χ4v) is 3.93. The van der Waals surface area contributed by atoms with Crippen LogP contribution in [0.3, 0.4) is 0 Å². The lowest BCUT2D eigenvalue weighted by Crippen LogP contribution is -2.02. The molecule has 3 aromatic rings. The molecule has 3 aromatic heterocycles. The van der Waals surface area contributed by atoms with E-state index in [1.54, 1.807) is 27.4 Å². The molecular formula is C15H18N4OS2. The minimum absolute atomic E-state index is 0.0930. The second-order valence-electron chi connectivity index (χ2n) is 5.00. The highest BCUT2D eigenvalue weighted by Gasteiger charge is 2.12. The highest BCUT2D eigenvalue weighted by atomic mass is 32.1. The van der Waals surface area contributed by atoms with E-state index in [4.69, 9.17) is 5.11 Å². The van der Waals surface area contributed by atoms with E-state index in [0.717, 1.165) is 27.9 Å². The molecule has 0 radical (unpaired) electrons. The Kier molecular flexibility index (Phi) is 4.56. The van der Waals surface area contributed by atoms with Gasteiger partial charge in [-0.15, -0.1) is 11.3 Å². The van der Waals surface area contributed by atoms with Crippen LogP contribution in [0.4, 0.5) is 5.13 Å². The van der Waals surface area contributed by atoms with Gasteiger partial charge in [-0.05, 0) is 36.9 Å². The number of aryl methyl sites for hydroxylation is 2. The van der Waals surface area contributed by atoms with Crippen molar-refractivity contribution in [2.75, 3.05) is 11.9 Å². The van der Waals surface area contributed by atoms with Crippen molar-refractivity contribution in [1.29, 1.82) is 0 Å². The Labute approximate surface area is 137 Å². The van der Waals surface area contributed by atoms with Crippen molar-refractivity contribution in [3.63, 3.8) is 0 Å². The maximum absolute atomic E-state index is 8.96. The topological polar surface area (TPSA) is 63.0 Å². The molecule has 5 nitrogen and oxygen atoms in total. The van der Waals surface area contributed by atoms with Gasteiger partial charge < -0.3 is 10.4 Å². The number of hydrogen-bond donors (Lipinski definition) is 2. The number of aliphatic hydroxyl groups is 1. The van der Waals surface area contributed by atoms with Crippen LogP contribution in [0.2, 0.25) is 0 Å². The molecule has 0 saturated carbocycles. The quantitative estimate of drug-likeness (QED) is 0.726. The molecule has 0 aromatic carbocycles. The Bertz CT molecular complexity index is 759. The fourth-order valence-electron chi connectivity index (χ4n) is 2.16. The maximum atomic E-state index is 8.96. The molecule has 0 fully saturated rings. The molecule has 0 aliphatic heterocycles. The second-order valence-corrected chi connectivity index (χ2v) is 7.00. The number of hydrogen-bond acceptors (Lipinski definition) is 6. The summed E-state index contributed by atoms with van der Waals surface area (Å²) < 4.78 is 1.75. The zero-order valence-corrected chi connectivity index (χ0v) is 14.2. The Morgan fingerprint density at radius 3 is 2.91 bits per heavy atom. The summed E-state index contributed by atoms with van der Waals surface area (Å²) in [7, 11) is 0. The van der Waals surface area contributed by atoms with Crippen molar-refractivity contribution in [2.24, 2.45) is 0 Å². The maximum Gasteiger partial charge on any atom is 0.183 e. The molecule has 0 atom stereocenters. The summed E-state index contributed by atoms with van der Waals surface area (Å²) in [5.74, 6) is 0. The molecule has 2 N–H and O–H groups in total. The van der Waals surface area contributed by atoms with Gasteiger partial charge in [-0.3, -0.25) is 4.68 Å². The summed E-state index contributed by atoms with van der Waals surface area (Å²) in [6, 6.07) is 4.09.